The van der Waals surface area contributed by atoms with E-state index in [0.717, 1.165) is 19.2 Å². The lowest BCUT2D eigenvalue weighted by Gasteiger charge is -2.41. The minimum atomic E-state index is 0.558. The molecule has 2 heteroatoms. The van der Waals surface area contributed by atoms with Crippen molar-refractivity contribution in [3.8, 4) is 0 Å². The third-order valence-electron chi connectivity index (χ3n) is 3.01. The van der Waals surface area contributed by atoms with Crippen LogP contribution in [0.4, 0.5) is 0 Å². The standard InChI is InChI=1S/C9H17NO.C3H8/c1-10-6-7-11-9-5-3-2-4-8(9)10;1-3-2/h8-9H,2-7H2,1H3;3H2,1-2H3. The minimum Gasteiger partial charge on any atom is -0.375 e. The zero-order valence-corrected chi connectivity index (χ0v) is 9.96. The molecule has 1 saturated heterocycles. The lowest BCUT2D eigenvalue weighted by atomic mass is 9.90. The van der Waals surface area contributed by atoms with Crippen LogP contribution in [0, 0.1) is 0 Å². The van der Waals surface area contributed by atoms with Crippen LogP contribution in [0.15, 0.2) is 0 Å². The maximum atomic E-state index is 5.71. The van der Waals surface area contributed by atoms with E-state index in [2.05, 4.69) is 25.8 Å². The Hall–Kier alpha value is -0.0800. The molecule has 84 valence electrons. The molecule has 0 aromatic heterocycles. The quantitative estimate of drug-likeness (QED) is 0.595. The molecule has 0 aromatic carbocycles. The maximum absolute atomic E-state index is 5.71. The SMILES string of the molecule is CCC.CN1CCOC2CCCCC21. The van der Waals surface area contributed by atoms with E-state index < -0.39 is 0 Å². The van der Waals surface area contributed by atoms with Crippen LogP contribution < -0.4 is 0 Å². The van der Waals surface area contributed by atoms with Crippen molar-refractivity contribution in [2.45, 2.75) is 58.1 Å². The fourth-order valence-corrected chi connectivity index (χ4v) is 2.29. The molecule has 2 atom stereocenters. The normalized spacial score (nSPS) is 32.8. The highest BCUT2D eigenvalue weighted by molar-refractivity contribution is 4.85. The first-order valence-electron chi connectivity index (χ1n) is 6.11. The number of rotatable bonds is 0. The number of hydrogen-bond acceptors (Lipinski definition) is 2. The van der Waals surface area contributed by atoms with Gasteiger partial charge in [0.05, 0.1) is 12.7 Å². The van der Waals surface area contributed by atoms with Gasteiger partial charge in [0, 0.05) is 12.6 Å². The van der Waals surface area contributed by atoms with Crippen LogP contribution in [0.3, 0.4) is 0 Å². The summed E-state index contributed by atoms with van der Waals surface area (Å²) in [5.74, 6) is 0. The van der Waals surface area contributed by atoms with E-state index in [1.165, 1.54) is 32.1 Å². The Morgan fingerprint density at radius 3 is 2.50 bits per heavy atom. The Kier molecular flexibility index (Phi) is 5.49. The predicted molar refractivity (Wildman–Crippen MR) is 60.6 cm³/mol. The van der Waals surface area contributed by atoms with Gasteiger partial charge in [-0.1, -0.05) is 33.1 Å². The Morgan fingerprint density at radius 1 is 1.21 bits per heavy atom. The molecule has 1 aliphatic carbocycles. The summed E-state index contributed by atoms with van der Waals surface area (Å²) in [4.78, 5) is 2.47. The average molecular weight is 199 g/mol. The third kappa shape index (κ3) is 3.25. The molecular formula is C12H25NO. The molecular weight excluding hydrogens is 174 g/mol. The highest BCUT2D eigenvalue weighted by Gasteiger charge is 2.31. The van der Waals surface area contributed by atoms with Crippen LogP contribution in [0.5, 0.6) is 0 Å². The molecule has 1 aliphatic heterocycles. The van der Waals surface area contributed by atoms with Crippen LogP contribution in [0.1, 0.15) is 46.0 Å². The van der Waals surface area contributed by atoms with Gasteiger partial charge in [0.15, 0.2) is 0 Å². The van der Waals surface area contributed by atoms with Crippen molar-refractivity contribution in [1.29, 1.82) is 0 Å². The Balaban J connectivity index is 0.000000293. The number of morpholine rings is 1. The van der Waals surface area contributed by atoms with E-state index in [0.29, 0.717) is 6.10 Å². The largest absolute Gasteiger partial charge is 0.375 e. The molecule has 0 radical (unpaired) electrons. The molecule has 0 spiro atoms. The van der Waals surface area contributed by atoms with E-state index >= 15 is 0 Å². The molecule has 1 saturated carbocycles. The van der Waals surface area contributed by atoms with Crippen LogP contribution in [0.25, 0.3) is 0 Å². The zero-order chi connectivity index (χ0) is 10.4. The summed E-state index contributed by atoms with van der Waals surface area (Å²) < 4.78 is 5.71. The van der Waals surface area contributed by atoms with Crippen LogP contribution in [-0.4, -0.2) is 37.2 Å². The molecule has 14 heavy (non-hydrogen) atoms. The Morgan fingerprint density at radius 2 is 1.86 bits per heavy atom. The second-order valence-electron chi connectivity index (χ2n) is 4.45. The monoisotopic (exact) mass is 199 g/mol. The minimum absolute atomic E-state index is 0.558. The summed E-state index contributed by atoms with van der Waals surface area (Å²) >= 11 is 0. The molecule has 2 fully saturated rings. The first-order valence-corrected chi connectivity index (χ1v) is 6.11. The smallest absolute Gasteiger partial charge is 0.0730 e. The number of likely N-dealkylation sites (N-methyl/N-ethyl adjacent to an activating group) is 1. The van der Waals surface area contributed by atoms with Gasteiger partial charge >= 0.3 is 0 Å². The Bertz CT molecular complexity index is 147. The highest BCUT2D eigenvalue weighted by Crippen LogP contribution is 2.26. The topological polar surface area (TPSA) is 12.5 Å². The van der Waals surface area contributed by atoms with Crippen molar-refractivity contribution in [2.75, 3.05) is 20.2 Å². The first-order chi connectivity index (χ1) is 6.79. The molecule has 2 aliphatic rings. The van der Waals surface area contributed by atoms with Gasteiger partial charge in [-0.3, -0.25) is 4.90 Å². The molecule has 2 unspecified atom stereocenters. The van der Waals surface area contributed by atoms with Gasteiger partial charge in [-0.15, -0.1) is 0 Å². The second kappa shape index (κ2) is 6.41. The van der Waals surface area contributed by atoms with Gasteiger partial charge in [0.1, 0.15) is 0 Å². The van der Waals surface area contributed by atoms with E-state index in [-0.39, 0.29) is 0 Å². The van der Waals surface area contributed by atoms with Gasteiger partial charge in [-0.05, 0) is 19.9 Å². The van der Waals surface area contributed by atoms with Gasteiger partial charge in [-0.25, -0.2) is 0 Å². The van der Waals surface area contributed by atoms with Crippen LogP contribution in [0.2, 0.25) is 0 Å². The van der Waals surface area contributed by atoms with Crippen LogP contribution >= 0.6 is 0 Å². The molecule has 2 nitrogen and oxygen atoms in total. The van der Waals surface area contributed by atoms with Crippen LogP contribution in [-0.2, 0) is 4.74 Å². The molecule has 0 N–H and O–H groups in total. The first kappa shape index (κ1) is 12.0. The number of nitrogens with zero attached hydrogens (tertiary/aromatic N) is 1. The highest BCUT2D eigenvalue weighted by atomic mass is 16.5. The molecule has 0 amide bonds. The van der Waals surface area contributed by atoms with Gasteiger partial charge in [-0.2, -0.15) is 0 Å². The molecule has 2 rings (SSSR count). The summed E-state index contributed by atoms with van der Waals surface area (Å²) in [6, 6.07) is 0.734. The third-order valence-corrected chi connectivity index (χ3v) is 3.01. The predicted octanol–water partition coefficient (Wildman–Crippen LogP) is 2.68. The fourth-order valence-electron chi connectivity index (χ4n) is 2.29. The summed E-state index contributed by atoms with van der Waals surface area (Å²) in [7, 11) is 2.23. The molecule has 0 aromatic rings. The van der Waals surface area contributed by atoms with E-state index in [4.69, 9.17) is 4.74 Å². The summed E-state index contributed by atoms with van der Waals surface area (Å²) in [6.45, 7) is 6.32. The lowest BCUT2D eigenvalue weighted by Crippen LogP contribution is -2.50. The van der Waals surface area contributed by atoms with Gasteiger partial charge < -0.3 is 4.74 Å². The van der Waals surface area contributed by atoms with E-state index in [1.54, 1.807) is 0 Å². The van der Waals surface area contributed by atoms with E-state index in [9.17, 15) is 0 Å². The van der Waals surface area contributed by atoms with Crippen molar-refractivity contribution in [1.82, 2.24) is 4.90 Å². The number of ether oxygens (including phenoxy) is 1. The summed E-state index contributed by atoms with van der Waals surface area (Å²) in [5, 5.41) is 0. The number of fused-ring (bicyclic) bond motifs is 1. The van der Waals surface area contributed by atoms with Crippen molar-refractivity contribution in [3.05, 3.63) is 0 Å². The van der Waals surface area contributed by atoms with Gasteiger partial charge in [0.2, 0.25) is 0 Å². The zero-order valence-electron chi connectivity index (χ0n) is 9.96. The fraction of sp³-hybridized carbons (Fsp3) is 1.00. The second-order valence-corrected chi connectivity index (χ2v) is 4.45. The summed E-state index contributed by atoms with van der Waals surface area (Å²) in [5.41, 5.74) is 0. The average Bonchev–Trinajstić information content (AvgIpc) is 2.20. The van der Waals surface area contributed by atoms with Crippen molar-refractivity contribution < 1.29 is 4.74 Å². The summed E-state index contributed by atoms with van der Waals surface area (Å²) in [6.07, 6.45) is 7.21. The Labute approximate surface area is 88.6 Å². The lowest BCUT2D eigenvalue weighted by molar-refractivity contribution is -0.0788. The van der Waals surface area contributed by atoms with E-state index in [1.807, 2.05) is 0 Å². The van der Waals surface area contributed by atoms with Gasteiger partial charge in [0.25, 0.3) is 0 Å². The van der Waals surface area contributed by atoms with Crippen molar-refractivity contribution in [2.24, 2.45) is 0 Å². The number of hydrogen-bond donors (Lipinski definition) is 0. The van der Waals surface area contributed by atoms with Crippen molar-refractivity contribution >= 4 is 0 Å². The molecule has 0 bridgehead atoms. The van der Waals surface area contributed by atoms with Crippen molar-refractivity contribution in [3.63, 3.8) is 0 Å². The maximum Gasteiger partial charge on any atom is 0.0730 e. The molecule has 1 heterocycles.